The Labute approximate surface area is 223 Å². The molecule has 1 aliphatic heterocycles. The zero-order valence-corrected chi connectivity index (χ0v) is 22.6. The minimum atomic E-state index is -0.423. The number of carbonyl (C=O) groups excluding carboxylic acids is 2. The number of rotatable bonds is 7. The summed E-state index contributed by atoms with van der Waals surface area (Å²) in [7, 11) is 3.42. The number of nitrogens with zero attached hydrogens (tertiary/aromatic N) is 2. The highest BCUT2D eigenvalue weighted by atomic mass is 35.5. The fourth-order valence-electron chi connectivity index (χ4n) is 6.21. The molecule has 7 heteroatoms. The molecule has 3 fully saturated rings. The van der Waals surface area contributed by atoms with Crippen molar-refractivity contribution in [3.8, 4) is 5.75 Å². The molecular weight excluding hydrogens is 495 g/mol. The summed E-state index contributed by atoms with van der Waals surface area (Å²) >= 11 is 12.8. The Balaban J connectivity index is 1.12. The van der Waals surface area contributed by atoms with E-state index in [4.69, 9.17) is 27.9 Å². The van der Waals surface area contributed by atoms with Crippen molar-refractivity contribution in [1.29, 1.82) is 0 Å². The van der Waals surface area contributed by atoms with E-state index in [0.717, 1.165) is 57.2 Å². The summed E-state index contributed by atoms with van der Waals surface area (Å²) in [5, 5.41) is 1.12. The normalized spacial score (nSPS) is 21.6. The maximum Gasteiger partial charge on any atom is 0.254 e. The zero-order valence-electron chi connectivity index (χ0n) is 21.1. The van der Waals surface area contributed by atoms with Gasteiger partial charge in [0.05, 0.1) is 22.6 Å². The van der Waals surface area contributed by atoms with Crippen LogP contribution in [0.25, 0.3) is 0 Å². The van der Waals surface area contributed by atoms with Crippen molar-refractivity contribution in [3.63, 3.8) is 0 Å². The van der Waals surface area contributed by atoms with Crippen LogP contribution in [0, 0.1) is 11.3 Å². The molecule has 2 saturated carbocycles. The van der Waals surface area contributed by atoms with Gasteiger partial charge in [0.25, 0.3) is 5.91 Å². The second kappa shape index (κ2) is 9.90. The van der Waals surface area contributed by atoms with Gasteiger partial charge in [-0.1, -0.05) is 47.8 Å². The number of amides is 2. The minimum absolute atomic E-state index is 0.119. The third kappa shape index (κ3) is 4.61. The van der Waals surface area contributed by atoms with Gasteiger partial charge < -0.3 is 14.5 Å². The molecule has 1 saturated heterocycles. The van der Waals surface area contributed by atoms with E-state index in [1.165, 1.54) is 11.3 Å². The Morgan fingerprint density at radius 2 is 1.75 bits per heavy atom. The molecule has 0 unspecified atom stereocenters. The molecule has 1 atom stereocenters. The van der Waals surface area contributed by atoms with Crippen LogP contribution < -0.4 is 4.74 Å². The van der Waals surface area contributed by atoms with Gasteiger partial charge in [-0.05, 0) is 79.7 Å². The first-order valence-corrected chi connectivity index (χ1v) is 13.7. The second-order valence-electron chi connectivity index (χ2n) is 10.9. The van der Waals surface area contributed by atoms with E-state index in [9.17, 15) is 9.59 Å². The van der Waals surface area contributed by atoms with Crippen LogP contribution in [0.15, 0.2) is 42.5 Å². The van der Waals surface area contributed by atoms with E-state index in [1.807, 2.05) is 30.3 Å². The van der Waals surface area contributed by atoms with Crippen LogP contribution in [0.2, 0.25) is 10.0 Å². The Kier molecular flexibility index (Phi) is 6.99. The average Bonchev–Trinajstić information content (AvgIpc) is 3.50. The Morgan fingerprint density at radius 3 is 2.36 bits per heavy atom. The number of piperidine rings is 1. The minimum Gasteiger partial charge on any atom is -0.494 e. The van der Waals surface area contributed by atoms with Crippen LogP contribution in [0.1, 0.15) is 60.9 Å². The van der Waals surface area contributed by atoms with E-state index >= 15 is 0 Å². The van der Waals surface area contributed by atoms with Crippen LogP contribution in [-0.4, -0.2) is 55.4 Å². The monoisotopic (exact) mass is 528 g/mol. The van der Waals surface area contributed by atoms with Crippen molar-refractivity contribution in [1.82, 2.24) is 9.80 Å². The van der Waals surface area contributed by atoms with Crippen LogP contribution in [-0.2, 0) is 10.2 Å². The fraction of sp³-hybridized carbons (Fsp3) is 0.517. The highest BCUT2D eigenvalue weighted by Gasteiger charge is 2.56. The van der Waals surface area contributed by atoms with Crippen molar-refractivity contribution < 1.29 is 14.3 Å². The molecule has 0 bridgehead atoms. The highest BCUT2D eigenvalue weighted by Crippen LogP contribution is 2.61. The first kappa shape index (κ1) is 25.4. The lowest BCUT2D eigenvalue weighted by molar-refractivity contribution is -0.142. The van der Waals surface area contributed by atoms with Crippen molar-refractivity contribution in [2.24, 2.45) is 11.3 Å². The van der Waals surface area contributed by atoms with Gasteiger partial charge in [0.1, 0.15) is 5.75 Å². The Bertz CT molecular complexity index is 1150. The number of hydrogen-bond donors (Lipinski definition) is 0. The molecule has 2 aromatic rings. The third-order valence-electron chi connectivity index (χ3n) is 8.72. The lowest BCUT2D eigenvalue weighted by Gasteiger charge is -2.46. The van der Waals surface area contributed by atoms with Gasteiger partial charge in [-0.3, -0.25) is 9.59 Å². The predicted octanol–water partition coefficient (Wildman–Crippen LogP) is 6.21. The average molecular weight is 530 g/mol. The standard InChI is InChI=1S/C29H34Cl2N2O3/c1-32(2)26(34)22-9-8-21(18-25(22)31)36-17-10-20-19-28(20)13-15-33(16-14-28)27(35)29(11-5-12-29)23-6-3-4-7-24(23)30/h3-4,6-9,18,20H,5,10-17,19H2,1-2H3/t20-/m0/s1. The van der Waals surface area contributed by atoms with Crippen molar-refractivity contribution >= 4 is 35.0 Å². The SMILES string of the molecule is CN(C)C(=O)c1ccc(OCC[C@H]2CC23CCN(C(=O)C2(c4ccccc4Cl)CCC2)CC3)cc1Cl. The number of halogens is 2. The van der Waals surface area contributed by atoms with E-state index < -0.39 is 5.41 Å². The molecular formula is C29H34Cl2N2O3. The zero-order chi connectivity index (χ0) is 25.5. The number of hydrogen-bond acceptors (Lipinski definition) is 3. The molecule has 2 aliphatic carbocycles. The predicted molar refractivity (Wildman–Crippen MR) is 143 cm³/mol. The smallest absolute Gasteiger partial charge is 0.254 e. The molecule has 3 aliphatic rings. The van der Waals surface area contributed by atoms with Gasteiger partial charge in [-0.25, -0.2) is 0 Å². The summed E-state index contributed by atoms with van der Waals surface area (Å²) in [4.78, 5) is 29.4. The fourth-order valence-corrected chi connectivity index (χ4v) is 6.78. The number of benzene rings is 2. The summed E-state index contributed by atoms with van der Waals surface area (Å²) in [6, 6.07) is 13.1. The Hall–Kier alpha value is -2.24. The van der Waals surface area contributed by atoms with Gasteiger partial charge in [0.15, 0.2) is 0 Å². The summed E-state index contributed by atoms with van der Waals surface area (Å²) < 4.78 is 5.97. The molecule has 0 aromatic heterocycles. The first-order valence-electron chi connectivity index (χ1n) is 12.9. The highest BCUT2D eigenvalue weighted by molar-refractivity contribution is 6.34. The summed E-state index contributed by atoms with van der Waals surface area (Å²) in [6.07, 6.45) is 7.20. The van der Waals surface area contributed by atoms with Crippen LogP contribution >= 0.6 is 23.2 Å². The molecule has 5 nitrogen and oxygen atoms in total. The van der Waals surface area contributed by atoms with Crippen LogP contribution in [0.5, 0.6) is 5.75 Å². The van der Waals surface area contributed by atoms with Crippen molar-refractivity contribution in [2.45, 2.75) is 50.4 Å². The number of likely N-dealkylation sites (tertiary alicyclic amines) is 1. The molecule has 1 spiro atoms. The van der Waals surface area contributed by atoms with Gasteiger partial charge in [-0.2, -0.15) is 0 Å². The summed E-state index contributed by atoms with van der Waals surface area (Å²) in [5.41, 5.74) is 1.42. The van der Waals surface area contributed by atoms with E-state index in [-0.39, 0.29) is 11.8 Å². The lowest BCUT2D eigenvalue weighted by Crippen LogP contribution is -2.53. The van der Waals surface area contributed by atoms with Crippen molar-refractivity contribution in [3.05, 3.63) is 63.6 Å². The van der Waals surface area contributed by atoms with Crippen molar-refractivity contribution in [2.75, 3.05) is 33.8 Å². The van der Waals surface area contributed by atoms with Gasteiger partial charge in [0, 0.05) is 32.2 Å². The molecule has 1 heterocycles. The third-order valence-corrected chi connectivity index (χ3v) is 9.37. The summed E-state index contributed by atoms with van der Waals surface area (Å²) in [5.74, 6) is 1.48. The molecule has 36 heavy (non-hydrogen) atoms. The van der Waals surface area contributed by atoms with E-state index in [2.05, 4.69) is 4.90 Å². The quantitative estimate of drug-likeness (QED) is 0.428. The molecule has 0 radical (unpaired) electrons. The largest absolute Gasteiger partial charge is 0.494 e. The molecule has 2 amide bonds. The maximum absolute atomic E-state index is 13.6. The number of ether oxygens (including phenoxy) is 1. The van der Waals surface area contributed by atoms with Crippen LogP contribution in [0.4, 0.5) is 0 Å². The first-order chi connectivity index (χ1) is 17.3. The van der Waals surface area contributed by atoms with E-state index in [0.29, 0.717) is 39.3 Å². The molecule has 2 aromatic carbocycles. The van der Waals surface area contributed by atoms with Gasteiger partial charge in [0.2, 0.25) is 5.91 Å². The van der Waals surface area contributed by atoms with E-state index in [1.54, 1.807) is 26.2 Å². The summed E-state index contributed by atoms with van der Waals surface area (Å²) in [6.45, 7) is 2.29. The maximum atomic E-state index is 13.6. The second-order valence-corrected chi connectivity index (χ2v) is 11.8. The van der Waals surface area contributed by atoms with Gasteiger partial charge in [-0.15, -0.1) is 0 Å². The molecule has 0 N–H and O–H groups in total. The number of carbonyl (C=O) groups is 2. The molecule has 192 valence electrons. The van der Waals surface area contributed by atoms with Crippen LogP contribution in [0.3, 0.4) is 0 Å². The molecule has 5 rings (SSSR count). The Morgan fingerprint density at radius 1 is 1.03 bits per heavy atom. The van der Waals surface area contributed by atoms with Gasteiger partial charge >= 0.3 is 0 Å². The topological polar surface area (TPSA) is 49.9 Å². The lowest BCUT2D eigenvalue weighted by atomic mass is 9.63.